The van der Waals surface area contributed by atoms with Crippen LogP contribution in [0.2, 0.25) is 5.02 Å². The van der Waals surface area contributed by atoms with E-state index in [9.17, 15) is 0 Å². The summed E-state index contributed by atoms with van der Waals surface area (Å²) >= 11 is 6.23. The van der Waals surface area contributed by atoms with Gasteiger partial charge in [0.25, 0.3) is 0 Å². The molecule has 0 amide bonds. The first-order valence-corrected chi connectivity index (χ1v) is 7.50. The summed E-state index contributed by atoms with van der Waals surface area (Å²) in [7, 11) is 0. The first-order chi connectivity index (χ1) is 9.79. The maximum atomic E-state index is 6.23. The van der Waals surface area contributed by atoms with E-state index in [1.54, 1.807) is 0 Å². The van der Waals surface area contributed by atoms with E-state index in [-0.39, 0.29) is 5.41 Å². The van der Waals surface area contributed by atoms with Crippen LogP contribution in [0.4, 0.5) is 5.69 Å². The van der Waals surface area contributed by atoms with Crippen molar-refractivity contribution in [3.05, 3.63) is 64.7 Å². The molecule has 2 aromatic carbocycles. The summed E-state index contributed by atoms with van der Waals surface area (Å²) in [5, 5.41) is 8.07. The minimum Gasteiger partial charge on any atom is -0.384 e. The lowest BCUT2D eigenvalue weighted by molar-refractivity contribution is 0.413. The van der Waals surface area contributed by atoms with Crippen molar-refractivity contribution in [3.63, 3.8) is 0 Å². The summed E-state index contributed by atoms with van der Waals surface area (Å²) in [5.41, 5.74) is 4.09. The van der Waals surface area contributed by atoms with Gasteiger partial charge in [0.1, 0.15) is 0 Å². The van der Waals surface area contributed by atoms with E-state index in [1.807, 2.05) is 6.07 Å². The molecule has 0 bridgehead atoms. The van der Waals surface area contributed by atoms with Crippen molar-refractivity contribution in [3.8, 4) is 0 Å². The van der Waals surface area contributed by atoms with Gasteiger partial charge in [-0.2, -0.15) is 0 Å². The highest BCUT2D eigenvalue weighted by atomic mass is 35.5. The predicted octanol–water partition coefficient (Wildman–Crippen LogP) is 3.74. The Morgan fingerprint density at radius 2 is 1.95 bits per heavy atom. The summed E-state index contributed by atoms with van der Waals surface area (Å²) in [6.45, 7) is 2.03. The summed E-state index contributed by atoms with van der Waals surface area (Å²) in [5.74, 6) is 0. The van der Waals surface area contributed by atoms with Crippen LogP contribution in [0.25, 0.3) is 0 Å². The van der Waals surface area contributed by atoms with Gasteiger partial charge in [-0.05, 0) is 42.3 Å². The predicted molar refractivity (Wildman–Crippen MR) is 83.4 cm³/mol. The smallest absolute Gasteiger partial charge is 0.0436 e. The van der Waals surface area contributed by atoms with E-state index >= 15 is 0 Å². The van der Waals surface area contributed by atoms with Crippen molar-refractivity contribution >= 4 is 17.3 Å². The second kappa shape index (κ2) is 4.51. The summed E-state index contributed by atoms with van der Waals surface area (Å²) < 4.78 is 0. The third-order valence-corrected chi connectivity index (χ3v) is 4.95. The highest BCUT2D eigenvalue weighted by Crippen LogP contribution is 2.50. The van der Waals surface area contributed by atoms with Crippen molar-refractivity contribution in [2.75, 3.05) is 18.4 Å². The summed E-state index contributed by atoms with van der Waals surface area (Å²) in [4.78, 5) is 0. The monoisotopic (exact) mass is 284 g/mol. The Kier molecular flexibility index (Phi) is 2.76. The third kappa shape index (κ3) is 1.68. The molecule has 2 heterocycles. The van der Waals surface area contributed by atoms with Gasteiger partial charge in [-0.3, -0.25) is 0 Å². The van der Waals surface area contributed by atoms with E-state index < -0.39 is 0 Å². The maximum absolute atomic E-state index is 6.23. The molecule has 2 N–H and O–H groups in total. The van der Waals surface area contributed by atoms with Crippen LogP contribution in [0, 0.1) is 0 Å². The van der Waals surface area contributed by atoms with Gasteiger partial charge in [-0.25, -0.2) is 0 Å². The van der Waals surface area contributed by atoms with E-state index in [4.69, 9.17) is 11.6 Å². The third-order valence-electron chi connectivity index (χ3n) is 4.72. The minimum atomic E-state index is 0.127. The molecule has 2 aliphatic heterocycles. The molecule has 0 saturated carbocycles. The second-order valence-electron chi connectivity index (χ2n) is 5.75. The molecule has 2 aliphatic rings. The van der Waals surface area contributed by atoms with Crippen LogP contribution in [0.15, 0.2) is 48.5 Å². The first kappa shape index (κ1) is 12.2. The van der Waals surface area contributed by atoms with Crippen LogP contribution < -0.4 is 10.6 Å². The van der Waals surface area contributed by atoms with Crippen molar-refractivity contribution in [2.24, 2.45) is 0 Å². The molecule has 2 aromatic rings. The molecule has 2 nitrogen and oxygen atoms in total. The van der Waals surface area contributed by atoms with Crippen LogP contribution in [-0.2, 0) is 5.41 Å². The van der Waals surface area contributed by atoms with Gasteiger partial charge in [-0.1, -0.05) is 41.9 Å². The Balaban J connectivity index is 1.84. The zero-order valence-electron chi connectivity index (χ0n) is 11.2. The molecular weight excluding hydrogens is 268 g/mol. The Hall–Kier alpha value is -1.51. The van der Waals surface area contributed by atoms with Crippen molar-refractivity contribution < 1.29 is 0 Å². The largest absolute Gasteiger partial charge is 0.384 e. The average Bonchev–Trinajstić information content (AvgIpc) is 3.06. The van der Waals surface area contributed by atoms with E-state index in [0.717, 1.165) is 24.5 Å². The first-order valence-electron chi connectivity index (χ1n) is 7.12. The fraction of sp³-hybridized carbons (Fsp3) is 0.294. The van der Waals surface area contributed by atoms with Crippen LogP contribution in [0.3, 0.4) is 0 Å². The zero-order chi connectivity index (χ0) is 13.6. The van der Waals surface area contributed by atoms with Crippen molar-refractivity contribution in [1.29, 1.82) is 0 Å². The molecule has 0 unspecified atom stereocenters. The lowest BCUT2D eigenvalue weighted by Gasteiger charge is -2.31. The molecule has 1 fully saturated rings. The fourth-order valence-electron chi connectivity index (χ4n) is 3.77. The summed E-state index contributed by atoms with van der Waals surface area (Å²) in [6.07, 6.45) is 1.15. The molecule has 3 heteroatoms. The Labute approximate surface area is 124 Å². The minimum absolute atomic E-state index is 0.127. The van der Waals surface area contributed by atoms with Gasteiger partial charge in [0.05, 0.1) is 0 Å². The van der Waals surface area contributed by atoms with Crippen LogP contribution >= 0.6 is 11.6 Å². The number of hydrogen-bond acceptors (Lipinski definition) is 2. The Bertz CT molecular complexity index is 641. The SMILES string of the molecule is Clc1ccc2c(c1)[C@@]1(CCN[C@@H]1c1ccccc1)CN2. The Morgan fingerprint density at radius 3 is 2.80 bits per heavy atom. The van der Waals surface area contributed by atoms with Crippen molar-refractivity contribution in [2.45, 2.75) is 17.9 Å². The molecule has 102 valence electrons. The van der Waals surface area contributed by atoms with Gasteiger partial charge < -0.3 is 10.6 Å². The molecule has 2 atom stereocenters. The number of halogens is 1. The average molecular weight is 285 g/mol. The molecule has 1 spiro atoms. The molecule has 4 rings (SSSR count). The molecule has 1 saturated heterocycles. The van der Waals surface area contributed by atoms with Gasteiger partial charge in [0, 0.05) is 28.7 Å². The van der Waals surface area contributed by atoms with Crippen LogP contribution in [-0.4, -0.2) is 13.1 Å². The molecular formula is C17H17ClN2. The number of hydrogen-bond donors (Lipinski definition) is 2. The zero-order valence-corrected chi connectivity index (χ0v) is 12.0. The van der Waals surface area contributed by atoms with E-state index in [2.05, 4.69) is 53.1 Å². The number of rotatable bonds is 1. The maximum Gasteiger partial charge on any atom is 0.0436 e. The highest BCUT2D eigenvalue weighted by Gasteiger charge is 2.48. The lowest BCUT2D eigenvalue weighted by Crippen LogP contribution is -2.35. The summed E-state index contributed by atoms with van der Waals surface area (Å²) in [6, 6.07) is 17.3. The number of benzene rings is 2. The number of fused-ring (bicyclic) bond motifs is 2. The van der Waals surface area contributed by atoms with Gasteiger partial charge >= 0.3 is 0 Å². The van der Waals surface area contributed by atoms with E-state index in [0.29, 0.717) is 6.04 Å². The van der Waals surface area contributed by atoms with E-state index in [1.165, 1.54) is 16.8 Å². The molecule has 20 heavy (non-hydrogen) atoms. The number of nitrogens with one attached hydrogen (secondary N) is 2. The topological polar surface area (TPSA) is 24.1 Å². The van der Waals surface area contributed by atoms with Gasteiger partial charge in [0.15, 0.2) is 0 Å². The molecule has 0 radical (unpaired) electrons. The quantitative estimate of drug-likeness (QED) is 0.834. The van der Waals surface area contributed by atoms with Crippen LogP contribution in [0.5, 0.6) is 0 Å². The standard InChI is InChI=1S/C17H17ClN2/c18-13-6-7-15-14(10-13)17(11-20-15)8-9-19-16(17)12-4-2-1-3-5-12/h1-7,10,16,19-20H,8-9,11H2/t16-,17-/m1/s1. The molecule has 0 aliphatic carbocycles. The van der Waals surface area contributed by atoms with Gasteiger partial charge in [0.2, 0.25) is 0 Å². The van der Waals surface area contributed by atoms with Crippen LogP contribution in [0.1, 0.15) is 23.6 Å². The lowest BCUT2D eigenvalue weighted by atomic mass is 9.73. The molecule has 0 aromatic heterocycles. The fourth-order valence-corrected chi connectivity index (χ4v) is 3.95. The highest BCUT2D eigenvalue weighted by molar-refractivity contribution is 6.30. The van der Waals surface area contributed by atoms with Gasteiger partial charge in [-0.15, -0.1) is 0 Å². The Morgan fingerprint density at radius 1 is 1.10 bits per heavy atom. The second-order valence-corrected chi connectivity index (χ2v) is 6.18. The van der Waals surface area contributed by atoms with Crippen molar-refractivity contribution in [1.82, 2.24) is 5.32 Å². The number of anilines is 1. The normalized spacial score (nSPS) is 27.6.